The number of ether oxygens (including phenoxy) is 1. The first-order valence-corrected chi connectivity index (χ1v) is 10.6. The Labute approximate surface area is 177 Å². The Morgan fingerprint density at radius 3 is 2.48 bits per heavy atom. The summed E-state index contributed by atoms with van der Waals surface area (Å²) >= 11 is 12.0. The fourth-order valence-corrected chi connectivity index (χ4v) is 3.25. The number of furan rings is 1. The van der Waals surface area contributed by atoms with Gasteiger partial charge in [-0.25, -0.2) is 13.6 Å². The van der Waals surface area contributed by atoms with Crippen LogP contribution in [0.2, 0.25) is 10.0 Å². The lowest BCUT2D eigenvalue weighted by molar-refractivity contribution is 0.0919. The molecule has 0 saturated carbocycles. The average Bonchev–Trinajstić information content (AvgIpc) is 3.16. The van der Waals surface area contributed by atoms with Gasteiger partial charge in [-0.05, 0) is 42.0 Å². The van der Waals surface area contributed by atoms with Crippen LogP contribution in [0.5, 0.6) is 5.75 Å². The molecule has 3 rings (SSSR count). The van der Waals surface area contributed by atoms with Crippen LogP contribution in [0, 0.1) is 0 Å². The van der Waals surface area contributed by atoms with Crippen molar-refractivity contribution in [2.75, 3.05) is 0 Å². The van der Waals surface area contributed by atoms with E-state index in [0.29, 0.717) is 27.1 Å². The Morgan fingerprint density at radius 2 is 1.79 bits per heavy atom. The molecule has 152 valence electrons. The number of sulfonamides is 1. The summed E-state index contributed by atoms with van der Waals surface area (Å²) in [6, 6.07) is 14.1. The molecule has 1 aromatic heterocycles. The smallest absolute Gasteiger partial charge is 0.287 e. The van der Waals surface area contributed by atoms with Gasteiger partial charge in [-0.15, -0.1) is 0 Å². The minimum atomic E-state index is -3.75. The van der Waals surface area contributed by atoms with E-state index in [1.165, 1.54) is 18.2 Å². The monoisotopic (exact) mass is 454 g/mol. The molecule has 2 aromatic carbocycles. The second kappa shape index (κ2) is 8.87. The highest BCUT2D eigenvalue weighted by molar-refractivity contribution is 7.89. The van der Waals surface area contributed by atoms with Crippen molar-refractivity contribution in [1.82, 2.24) is 5.32 Å². The maximum atomic E-state index is 12.2. The minimum Gasteiger partial charge on any atom is -0.484 e. The molecule has 0 saturated heterocycles. The molecule has 0 unspecified atom stereocenters. The maximum Gasteiger partial charge on any atom is 0.287 e. The van der Waals surface area contributed by atoms with E-state index in [1.807, 2.05) is 0 Å². The van der Waals surface area contributed by atoms with E-state index in [2.05, 4.69) is 5.32 Å². The zero-order chi connectivity index (χ0) is 21.0. The molecule has 0 aliphatic rings. The lowest BCUT2D eigenvalue weighted by Crippen LogP contribution is -2.22. The largest absolute Gasteiger partial charge is 0.484 e. The molecule has 0 atom stereocenters. The van der Waals surface area contributed by atoms with Crippen molar-refractivity contribution in [1.29, 1.82) is 0 Å². The molecule has 10 heteroatoms. The molecular weight excluding hydrogens is 439 g/mol. The molecule has 7 nitrogen and oxygen atoms in total. The van der Waals surface area contributed by atoms with Crippen molar-refractivity contribution in [2.45, 2.75) is 18.0 Å². The highest BCUT2D eigenvalue weighted by Gasteiger charge is 2.13. The first kappa shape index (κ1) is 21.2. The van der Waals surface area contributed by atoms with Crippen LogP contribution in [0.4, 0.5) is 0 Å². The quantitative estimate of drug-likeness (QED) is 0.564. The summed E-state index contributed by atoms with van der Waals surface area (Å²) < 4.78 is 33.5. The van der Waals surface area contributed by atoms with Crippen molar-refractivity contribution in [3.8, 4) is 5.75 Å². The number of nitrogens with two attached hydrogens (primary N) is 1. The fraction of sp³-hybridized carbons (Fsp3) is 0.105. The normalized spacial score (nSPS) is 11.3. The van der Waals surface area contributed by atoms with Gasteiger partial charge in [0.15, 0.2) is 5.76 Å². The topological polar surface area (TPSA) is 112 Å². The van der Waals surface area contributed by atoms with Gasteiger partial charge in [-0.1, -0.05) is 41.4 Å². The van der Waals surface area contributed by atoms with Gasteiger partial charge in [0.05, 0.1) is 9.92 Å². The van der Waals surface area contributed by atoms with Gasteiger partial charge in [0.25, 0.3) is 5.91 Å². The summed E-state index contributed by atoms with van der Waals surface area (Å²) in [6.45, 7) is 0.261. The molecule has 3 aromatic rings. The fourth-order valence-electron chi connectivity index (χ4n) is 2.39. The molecule has 0 aliphatic carbocycles. The number of primary sulfonamides is 1. The summed E-state index contributed by atoms with van der Waals surface area (Å²) in [5, 5.41) is 8.41. The third kappa shape index (κ3) is 5.51. The van der Waals surface area contributed by atoms with Crippen molar-refractivity contribution in [2.24, 2.45) is 5.14 Å². The van der Waals surface area contributed by atoms with Crippen LogP contribution in [-0.4, -0.2) is 14.3 Å². The van der Waals surface area contributed by atoms with Gasteiger partial charge in [0.1, 0.15) is 23.1 Å². The highest BCUT2D eigenvalue weighted by Crippen LogP contribution is 2.32. The predicted octanol–water partition coefficient (Wildman–Crippen LogP) is 3.74. The number of benzene rings is 2. The van der Waals surface area contributed by atoms with Gasteiger partial charge in [0.2, 0.25) is 10.0 Å². The molecule has 0 spiro atoms. The van der Waals surface area contributed by atoms with Crippen LogP contribution < -0.4 is 15.2 Å². The minimum absolute atomic E-state index is 0.00283. The summed E-state index contributed by atoms with van der Waals surface area (Å²) in [6.07, 6.45) is 0. The Balaban J connectivity index is 1.56. The number of halogens is 2. The van der Waals surface area contributed by atoms with Crippen molar-refractivity contribution in [3.05, 3.63) is 81.7 Å². The van der Waals surface area contributed by atoms with Crippen LogP contribution in [0.25, 0.3) is 0 Å². The van der Waals surface area contributed by atoms with Gasteiger partial charge in [-0.3, -0.25) is 4.79 Å². The molecule has 1 heterocycles. The Kier molecular flexibility index (Phi) is 6.49. The van der Waals surface area contributed by atoms with E-state index < -0.39 is 15.9 Å². The number of hydrogen-bond acceptors (Lipinski definition) is 5. The number of carbonyl (C=O) groups is 1. The van der Waals surface area contributed by atoms with Crippen molar-refractivity contribution < 1.29 is 22.4 Å². The first-order valence-electron chi connectivity index (χ1n) is 8.29. The van der Waals surface area contributed by atoms with Gasteiger partial charge >= 0.3 is 0 Å². The Bertz CT molecular complexity index is 1130. The van der Waals surface area contributed by atoms with Crippen molar-refractivity contribution >= 4 is 39.1 Å². The van der Waals surface area contributed by atoms with Crippen molar-refractivity contribution in [3.63, 3.8) is 0 Å². The number of rotatable bonds is 7. The number of carbonyl (C=O) groups excluding carboxylic acids is 1. The molecule has 3 N–H and O–H groups in total. The van der Waals surface area contributed by atoms with Crippen LogP contribution in [0.15, 0.2) is 63.9 Å². The molecule has 0 fully saturated rings. The summed E-state index contributed by atoms with van der Waals surface area (Å²) in [5.74, 6) is 0.530. The average molecular weight is 455 g/mol. The molecule has 0 radical (unpaired) electrons. The zero-order valence-corrected chi connectivity index (χ0v) is 17.2. The number of hydrogen-bond donors (Lipinski definition) is 2. The van der Waals surface area contributed by atoms with E-state index in [0.717, 1.165) is 0 Å². The van der Waals surface area contributed by atoms with Crippen LogP contribution in [-0.2, 0) is 23.2 Å². The molecule has 1 amide bonds. The third-order valence-electron chi connectivity index (χ3n) is 3.88. The van der Waals surface area contributed by atoms with Gasteiger partial charge < -0.3 is 14.5 Å². The van der Waals surface area contributed by atoms with Gasteiger partial charge in [0, 0.05) is 6.54 Å². The standard InChI is InChI=1S/C19H16Cl2N2O5S/c20-15-2-1-3-16(18(15)21)27-11-13-6-9-17(28-13)19(24)23-10-12-4-7-14(8-5-12)29(22,25)26/h1-9H,10-11H2,(H,23,24)(H2,22,25,26). The zero-order valence-electron chi connectivity index (χ0n) is 14.9. The molecular formula is C19H16Cl2N2O5S. The lowest BCUT2D eigenvalue weighted by atomic mass is 10.2. The van der Waals surface area contributed by atoms with Crippen LogP contribution in [0.3, 0.4) is 0 Å². The number of amides is 1. The summed E-state index contributed by atoms with van der Waals surface area (Å²) in [4.78, 5) is 12.2. The lowest BCUT2D eigenvalue weighted by Gasteiger charge is -2.07. The second-order valence-corrected chi connectivity index (χ2v) is 8.32. The summed E-state index contributed by atoms with van der Waals surface area (Å²) in [5.41, 5.74) is 0.705. The SMILES string of the molecule is NS(=O)(=O)c1ccc(CNC(=O)c2ccc(COc3cccc(Cl)c3Cl)o2)cc1. The van der Waals surface area contributed by atoms with Crippen LogP contribution >= 0.6 is 23.2 Å². The van der Waals surface area contributed by atoms with E-state index in [4.69, 9.17) is 37.5 Å². The Morgan fingerprint density at radius 1 is 1.07 bits per heavy atom. The van der Waals surface area contributed by atoms with E-state index in [1.54, 1.807) is 36.4 Å². The van der Waals surface area contributed by atoms with E-state index >= 15 is 0 Å². The maximum absolute atomic E-state index is 12.2. The molecule has 29 heavy (non-hydrogen) atoms. The predicted molar refractivity (Wildman–Crippen MR) is 108 cm³/mol. The van der Waals surface area contributed by atoms with E-state index in [-0.39, 0.29) is 23.8 Å². The van der Waals surface area contributed by atoms with Crippen LogP contribution in [0.1, 0.15) is 21.9 Å². The third-order valence-corrected chi connectivity index (χ3v) is 5.61. The molecule has 0 bridgehead atoms. The first-order chi connectivity index (χ1) is 13.7. The highest BCUT2D eigenvalue weighted by atomic mass is 35.5. The summed E-state index contributed by atoms with van der Waals surface area (Å²) in [7, 11) is -3.75. The Hall–Kier alpha value is -2.52. The molecule has 0 aliphatic heterocycles. The van der Waals surface area contributed by atoms with Gasteiger partial charge in [-0.2, -0.15) is 0 Å². The van der Waals surface area contributed by atoms with E-state index in [9.17, 15) is 13.2 Å². The number of nitrogens with one attached hydrogen (secondary N) is 1. The second-order valence-electron chi connectivity index (χ2n) is 5.98.